The van der Waals surface area contributed by atoms with Crippen LogP contribution in [0.3, 0.4) is 0 Å². The Balaban J connectivity index is 1.53. The minimum absolute atomic E-state index is 0.000764. The molecule has 1 heterocycles. The second-order valence-corrected chi connectivity index (χ2v) is 11.9. The Morgan fingerprint density at radius 3 is 2.30 bits per heavy atom. The van der Waals surface area contributed by atoms with Gasteiger partial charge >= 0.3 is 0 Å². The number of rotatable bonds is 9. The maximum atomic E-state index is 12.0. The van der Waals surface area contributed by atoms with Crippen LogP contribution in [0.2, 0.25) is 0 Å². The molecule has 6 nitrogen and oxygen atoms in total. The van der Waals surface area contributed by atoms with Gasteiger partial charge < -0.3 is 19.9 Å². The quantitative estimate of drug-likeness (QED) is 0.269. The number of carbonyl (C=O) groups excluding carboxylic acids is 1. The third-order valence-electron chi connectivity index (χ3n) is 6.96. The number of benzene rings is 2. The standard InChI is InChI=1S/C28H33Cl3N2O4/c1-2-15-33(23-5-3-4-6-23)17-24-16-25(20-9-7-19(18-34)8-10-20)37-26(36-24)21-11-13-22(14-12-21)32-27(35)28(29,30)31/h2,7-14,23-26,34H,1,3-6,15-18H2,(H,32,35)/t24-,25+,26+/m1/s1. The van der Waals surface area contributed by atoms with Crippen molar-refractivity contribution in [2.45, 2.75) is 67.0 Å². The average molecular weight is 568 g/mol. The molecule has 200 valence electrons. The number of hydrogen-bond donors (Lipinski definition) is 2. The Hall–Kier alpha value is -1.64. The first kappa shape index (κ1) is 28.4. The van der Waals surface area contributed by atoms with Crippen molar-refractivity contribution < 1.29 is 19.4 Å². The molecule has 2 N–H and O–H groups in total. The van der Waals surface area contributed by atoms with E-state index in [0.29, 0.717) is 18.2 Å². The molecule has 0 unspecified atom stereocenters. The van der Waals surface area contributed by atoms with Crippen molar-refractivity contribution in [1.29, 1.82) is 0 Å². The lowest BCUT2D eigenvalue weighted by Crippen LogP contribution is -2.43. The predicted molar refractivity (Wildman–Crippen MR) is 148 cm³/mol. The number of anilines is 1. The highest BCUT2D eigenvalue weighted by molar-refractivity contribution is 6.76. The molecular weight excluding hydrogens is 535 g/mol. The maximum absolute atomic E-state index is 12.0. The van der Waals surface area contributed by atoms with E-state index in [-0.39, 0.29) is 18.8 Å². The molecule has 1 amide bonds. The Labute approximate surface area is 233 Å². The lowest BCUT2D eigenvalue weighted by molar-refractivity contribution is -0.253. The van der Waals surface area contributed by atoms with Crippen LogP contribution in [0.5, 0.6) is 0 Å². The van der Waals surface area contributed by atoms with Crippen LogP contribution in [-0.2, 0) is 20.9 Å². The molecule has 37 heavy (non-hydrogen) atoms. The van der Waals surface area contributed by atoms with E-state index >= 15 is 0 Å². The van der Waals surface area contributed by atoms with Gasteiger partial charge in [0, 0.05) is 36.8 Å². The topological polar surface area (TPSA) is 71.0 Å². The summed E-state index contributed by atoms with van der Waals surface area (Å²) in [5, 5.41) is 12.0. The van der Waals surface area contributed by atoms with E-state index in [9.17, 15) is 9.90 Å². The molecule has 3 atom stereocenters. The van der Waals surface area contributed by atoms with Gasteiger partial charge in [-0.25, -0.2) is 0 Å². The van der Waals surface area contributed by atoms with Crippen LogP contribution in [0.15, 0.2) is 61.2 Å². The number of aliphatic hydroxyl groups excluding tert-OH is 1. The molecule has 2 aromatic rings. The van der Waals surface area contributed by atoms with E-state index in [0.717, 1.165) is 29.8 Å². The smallest absolute Gasteiger partial charge is 0.276 e. The summed E-state index contributed by atoms with van der Waals surface area (Å²) >= 11 is 17.0. The van der Waals surface area contributed by atoms with E-state index in [1.165, 1.54) is 25.7 Å². The molecule has 9 heteroatoms. The summed E-state index contributed by atoms with van der Waals surface area (Å²) in [6.45, 7) is 5.58. The number of nitrogens with one attached hydrogen (secondary N) is 1. The molecule has 2 aromatic carbocycles. The molecule has 2 aliphatic rings. The molecule has 0 aromatic heterocycles. The molecular formula is C28H33Cl3N2O4. The van der Waals surface area contributed by atoms with E-state index in [4.69, 9.17) is 44.3 Å². The van der Waals surface area contributed by atoms with Gasteiger partial charge in [-0.1, -0.05) is 90.1 Å². The lowest BCUT2D eigenvalue weighted by atomic mass is 9.99. The summed E-state index contributed by atoms with van der Waals surface area (Å²) in [7, 11) is 0. The zero-order valence-corrected chi connectivity index (χ0v) is 22.9. The van der Waals surface area contributed by atoms with Crippen LogP contribution in [0, 0.1) is 0 Å². The average Bonchev–Trinajstić information content (AvgIpc) is 3.43. The van der Waals surface area contributed by atoms with Gasteiger partial charge in [-0.15, -0.1) is 6.58 Å². The fourth-order valence-corrected chi connectivity index (χ4v) is 5.17. The third kappa shape index (κ3) is 7.70. The van der Waals surface area contributed by atoms with Crippen molar-refractivity contribution in [3.8, 4) is 0 Å². The van der Waals surface area contributed by atoms with Crippen molar-refractivity contribution in [3.05, 3.63) is 77.9 Å². The third-order valence-corrected chi connectivity index (χ3v) is 7.47. The molecule has 1 aliphatic heterocycles. The van der Waals surface area contributed by atoms with Gasteiger partial charge in [-0.2, -0.15) is 0 Å². The number of aliphatic hydroxyl groups is 1. The van der Waals surface area contributed by atoms with Crippen molar-refractivity contribution in [2.75, 3.05) is 18.4 Å². The van der Waals surface area contributed by atoms with Crippen molar-refractivity contribution in [2.24, 2.45) is 0 Å². The first-order chi connectivity index (χ1) is 17.8. The molecule has 1 saturated carbocycles. The normalized spacial score (nSPS) is 22.8. The maximum Gasteiger partial charge on any atom is 0.276 e. The highest BCUT2D eigenvalue weighted by Gasteiger charge is 2.35. The minimum Gasteiger partial charge on any atom is -0.392 e. The largest absolute Gasteiger partial charge is 0.392 e. The Bertz CT molecular complexity index is 1040. The molecule has 0 bridgehead atoms. The van der Waals surface area contributed by atoms with Crippen LogP contribution in [0.4, 0.5) is 5.69 Å². The Morgan fingerprint density at radius 1 is 1.05 bits per heavy atom. The van der Waals surface area contributed by atoms with E-state index < -0.39 is 16.0 Å². The second-order valence-electron chi connectivity index (χ2n) is 9.60. The van der Waals surface area contributed by atoms with Gasteiger partial charge in [0.25, 0.3) is 9.70 Å². The summed E-state index contributed by atoms with van der Waals surface area (Å²) < 4.78 is 10.9. The number of amides is 1. The summed E-state index contributed by atoms with van der Waals surface area (Å²) in [6.07, 6.45) is 6.79. The first-order valence-electron chi connectivity index (χ1n) is 12.6. The van der Waals surface area contributed by atoms with Crippen LogP contribution in [0.25, 0.3) is 0 Å². The van der Waals surface area contributed by atoms with Crippen LogP contribution in [-0.4, -0.2) is 44.9 Å². The van der Waals surface area contributed by atoms with Crippen LogP contribution >= 0.6 is 34.8 Å². The van der Waals surface area contributed by atoms with Gasteiger partial charge in [-0.05, 0) is 36.1 Å². The van der Waals surface area contributed by atoms with Crippen LogP contribution < -0.4 is 5.32 Å². The summed E-state index contributed by atoms with van der Waals surface area (Å²) in [6, 6.07) is 15.5. The van der Waals surface area contributed by atoms with Crippen molar-refractivity contribution >= 4 is 46.4 Å². The number of nitrogens with zero attached hydrogens (tertiary/aromatic N) is 1. The minimum atomic E-state index is -2.04. The SMILES string of the molecule is C=CCN(C[C@H]1C[C@@H](c2ccc(CO)cc2)O[C@@H](c2ccc(NC(=O)C(Cl)(Cl)Cl)cc2)O1)C1CCCC1. The molecule has 4 rings (SSSR count). The lowest BCUT2D eigenvalue weighted by Gasteiger charge is -2.39. The number of ether oxygens (including phenoxy) is 2. The number of halogens is 3. The molecule has 0 radical (unpaired) electrons. The zero-order valence-electron chi connectivity index (χ0n) is 20.6. The summed E-state index contributed by atoms with van der Waals surface area (Å²) in [5.41, 5.74) is 3.22. The zero-order chi connectivity index (χ0) is 26.4. The fourth-order valence-electron chi connectivity index (χ4n) is 5.03. The van der Waals surface area contributed by atoms with E-state index in [1.54, 1.807) is 12.1 Å². The van der Waals surface area contributed by atoms with E-state index in [1.807, 2.05) is 42.5 Å². The van der Waals surface area contributed by atoms with Crippen LogP contribution in [0.1, 0.15) is 61.2 Å². The summed E-state index contributed by atoms with van der Waals surface area (Å²) in [5.74, 6) is -0.726. The highest BCUT2D eigenvalue weighted by Crippen LogP contribution is 2.39. The molecule has 0 spiro atoms. The Morgan fingerprint density at radius 2 is 1.70 bits per heavy atom. The molecule has 2 fully saturated rings. The second kappa shape index (κ2) is 12.9. The van der Waals surface area contributed by atoms with Gasteiger partial charge in [-0.3, -0.25) is 9.69 Å². The van der Waals surface area contributed by atoms with Crippen molar-refractivity contribution in [3.63, 3.8) is 0 Å². The molecule has 1 aliphatic carbocycles. The monoisotopic (exact) mass is 566 g/mol. The van der Waals surface area contributed by atoms with Gasteiger partial charge in [0.1, 0.15) is 0 Å². The fraction of sp³-hybridized carbons (Fsp3) is 0.464. The highest BCUT2D eigenvalue weighted by atomic mass is 35.6. The Kier molecular flexibility index (Phi) is 9.92. The molecule has 1 saturated heterocycles. The van der Waals surface area contributed by atoms with E-state index in [2.05, 4.69) is 16.8 Å². The van der Waals surface area contributed by atoms with Gasteiger partial charge in [0.2, 0.25) is 0 Å². The number of carbonyl (C=O) groups is 1. The number of hydrogen-bond acceptors (Lipinski definition) is 5. The van der Waals surface area contributed by atoms with Crippen molar-refractivity contribution in [1.82, 2.24) is 4.90 Å². The first-order valence-corrected chi connectivity index (χ1v) is 13.7. The van der Waals surface area contributed by atoms with Gasteiger partial charge in [0.15, 0.2) is 6.29 Å². The predicted octanol–water partition coefficient (Wildman–Crippen LogP) is 6.46. The van der Waals surface area contributed by atoms with Gasteiger partial charge in [0.05, 0.1) is 18.8 Å². The summed E-state index contributed by atoms with van der Waals surface area (Å²) in [4.78, 5) is 14.5. The number of alkyl halides is 3.